The van der Waals surface area contributed by atoms with Gasteiger partial charge >= 0.3 is 11.9 Å². The molecule has 7 nitrogen and oxygen atoms in total. The standard InChI is InChI=1S/C10H14N2O5/c1-7-6-8(11-17-7)12(4-2-9(13)14)5-3-10(15)16/h6H,2-5H2,1H3,(H,13,14)(H,15,16). The summed E-state index contributed by atoms with van der Waals surface area (Å²) >= 11 is 0. The maximum atomic E-state index is 10.5. The van der Waals surface area contributed by atoms with Crippen LogP contribution in [0.25, 0.3) is 0 Å². The summed E-state index contributed by atoms with van der Waals surface area (Å²) in [5.74, 6) is -0.822. The van der Waals surface area contributed by atoms with Crippen molar-refractivity contribution in [1.82, 2.24) is 5.16 Å². The number of carboxylic acid groups (broad SMARTS) is 2. The molecular formula is C10H14N2O5. The van der Waals surface area contributed by atoms with Crippen molar-refractivity contribution in [1.29, 1.82) is 0 Å². The number of aryl methyl sites for hydroxylation is 1. The molecule has 0 saturated carbocycles. The molecule has 0 aliphatic carbocycles. The van der Waals surface area contributed by atoms with Crippen molar-refractivity contribution in [3.05, 3.63) is 11.8 Å². The Kier molecular flexibility index (Phi) is 4.50. The van der Waals surface area contributed by atoms with Gasteiger partial charge in [0.25, 0.3) is 0 Å². The van der Waals surface area contributed by atoms with E-state index in [-0.39, 0.29) is 25.9 Å². The first kappa shape index (κ1) is 13.0. The third-order valence-corrected chi connectivity index (χ3v) is 2.13. The summed E-state index contributed by atoms with van der Waals surface area (Å²) < 4.78 is 4.87. The number of carboxylic acids is 2. The van der Waals surface area contributed by atoms with Gasteiger partial charge in [-0.15, -0.1) is 0 Å². The van der Waals surface area contributed by atoms with Gasteiger partial charge in [0.15, 0.2) is 5.82 Å². The molecule has 0 atom stereocenters. The molecule has 1 rings (SSSR count). The molecule has 0 spiro atoms. The molecule has 94 valence electrons. The molecule has 17 heavy (non-hydrogen) atoms. The average Bonchev–Trinajstić information content (AvgIpc) is 2.64. The van der Waals surface area contributed by atoms with Crippen LogP contribution in [0.4, 0.5) is 5.82 Å². The minimum absolute atomic E-state index is 0.0779. The summed E-state index contributed by atoms with van der Waals surface area (Å²) in [6.45, 7) is 2.12. The van der Waals surface area contributed by atoms with Crippen LogP contribution in [0.1, 0.15) is 18.6 Å². The van der Waals surface area contributed by atoms with E-state index in [9.17, 15) is 9.59 Å². The average molecular weight is 242 g/mol. The van der Waals surface area contributed by atoms with Gasteiger partial charge in [-0.3, -0.25) is 9.59 Å². The van der Waals surface area contributed by atoms with E-state index in [1.54, 1.807) is 17.9 Å². The highest BCUT2D eigenvalue weighted by molar-refractivity contribution is 5.68. The molecule has 0 unspecified atom stereocenters. The Hall–Kier alpha value is -2.05. The number of aliphatic carboxylic acids is 2. The van der Waals surface area contributed by atoms with Crippen LogP contribution in [0.3, 0.4) is 0 Å². The number of nitrogens with zero attached hydrogens (tertiary/aromatic N) is 2. The second-order valence-corrected chi connectivity index (χ2v) is 3.57. The predicted molar refractivity (Wildman–Crippen MR) is 58.0 cm³/mol. The van der Waals surface area contributed by atoms with Crippen LogP contribution in [0.15, 0.2) is 10.6 Å². The predicted octanol–water partition coefficient (Wildman–Crippen LogP) is 0.739. The first-order valence-electron chi connectivity index (χ1n) is 5.11. The lowest BCUT2D eigenvalue weighted by Crippen LogP contribution is -2.28. The number of aromatic nitrogens is 1. The fourth-order valence-corrected chi connectivity index (χ4v) is 1.30. The van der Waals surface area contributed by atoms with Crippen molar-refractivity contribution in [2.24, 2.45) is 0 Å². The third-order valence-electron chi connectivity index (χ3n) is 2.13. The molecular weight excluding hydrogens is 228 g/mol. The maximum absolute atomic E-state index is 10.5. The Bertz CT molecular complexity index is 383. The summed E-state index contributed by atoms with van der Waals surface area (Å²) in [6, 6.07) is 1.64. The number of hydrogen-bond acceptors (Lipinski definition) is 5. The molecule has 1 aromatic heterocycles. The van der Waals surface area contributed by atoms with E-state index in [1.807, 2.05) is 0 Å². The Labute approximate surface area is 97.6 Å². The number of anilines is 1. The minimum atomic E-state index is -0.939. The van der Waals surface area contributed by atoms with E-state index < -0.39 is 11.9 Å². The van der Waals surface area contributed by atoms with Crippen LogP contribution in [0.5, 0.6) is 0 Å². The zero-order valence-electron chi connectivity index (χ0n) is 9.42. The first-order chi connectivity index (χ1) is 7.99. The van der Waals surface area contributed by atoms with Crippen molar-refractivity contribution in [3.63, 3.8) is 0 Å². The molecule has 0 aliphatic rings. The smallest absolute Gasteiger partial charge is 0.305 e. The number of rotatable bonds is 7. The zero-order chi connectivity index (χ0) is 12.8. The van der Waals surface area contributed by atoms with E-state index >= 15 is 0 Å². The topological polar surface area (TPSA) is 104 Å². The summed E-state index contributed by atoms with van der Waals surface area (Å²) in [5.41, 5.74) is 0. The van der Waals surface area contributed by atoms with Gasteiger partial charge < -0.3 is 19.6 Å². The monoisotopic (exact) mass is 242 g/mol. The Morgan fingerprint density at radius 3 is 2.18 bits per heavy atom. The largest absolute Gasteiger partial charge is 0.481 e. The van der Waals surface area contributed by atoms with Gasteiger partial charge in [0.1, 0.15) is 5.76 Å². The molecule has 0 fully saturated rings. The van der Waals surface area contributed by atoms with E-state index in [0.717, 1.165) is 0 Å². The number of hydrogen-bond donors (Lipinski definition) is 2. The molecule has 0 radical (unpaired) electrons. The van der Waals surface area contributed by atoms with Gasteiger partial charge in [0.2, 0.25) is 0 Å². The Balaban J connectivity index is 2.64. The molecule has 1 heterocycles. The van der Waals surface area contributed by atoms with Crippen LogP contribution in [0.2, 0.25) is 0 Å². The van der Waals surface area contributed by atoms with Crippen molar-refractivity contribution in [2.45, 2.75) is 19.8 Å². The Morgan fingerprint density at radius 2 is 1.82 bits per heavy atom. The van der Waals surface area contributed by atoms with Gasteiger partial charge in [0.05, 0.1) is 12.8 Å². The second-order valence-electron chi connectivity index (χ2n) is 3.57. The van der Waals surface area contributed by atoms with Gasteiger partial charge in [-0.25, -0.2) is 0 Å². The Morgan fingerprint density at radius 1 is 1.29 bits per heavy atom. The molecule has 0 bridgehead atoms. The van der Waals surface area contributed by atoms with Gasteiger partial charge in [-0.1, -0.05) is 5.16 Å². The molecule has 7 heteroatoms. The van der Waals surface area contributed by atoms with Crippen molar-refractivity contribution >= 4 is 17.8 Å². The zero-order valence-corrected chi connectivity index (χ0v) is 9.42. The van der Waals surface area contributed by atoms with Crippen LogP contribution < -0.4 is 4.90 Å². The highest BCUT2D eigenvalue weighted by Crippen LogP contribution is 2.14. The molecule has 0 aliphatic heterocycles. The van der Waals surface area contributed by atoms with Crippen molar-refractivity contribution < 1.29 is 24.3 Å². The summed E-state index contributed by atoms with van der Waals surface area (Å²) in [5, 5.41) is 20.9. The van der Waals surface area contributed by atoms with E-state index in [1.165, 1.54) is 0 Å². The van der Waals surface area contributed by atoms with Crippen LogP contribution >= 0.6 is 0 Å². The highest BCUT2D eigenvalue weighted by atomic mass is 16.5. The first-order valence-corrected chi connectivity index (χ1v) is 5.11. The highest BCUT2D eigenvalue weighted by Gasteiger charge is 2.13. The van der Waals surface area contributed by atoms with Gasteiger partial charge in [-0.05, 0) is 6.92 Å². The fraction of sp³-hybridized carbons (Fsp3) is 0.500. The lowest BCUT2D eigenvalue weighted by molar-refractivity contribution is -0.137. The summed E-state index contributed by atoms with van der Waals surface area (Å²) in [4.78, 5) is 22.6. The lowest BCUT2D eigenvalue weighted by Gasteiger charge is -2.19. The van der Waals surface area contributed by atoms with Crippen LogP contribution in [-0.2, 0) is 9.59 Å². The minimum Gasteiger partial charge on any atom is -0.481 e. The van der Waals surface area contributed by atoms with Crippen LogP contribution in [-0.4, -0.2) is 40.4 Å². The molecule has 0 aromatic carbocycles. The normalized spacial score (nSPS) is 10.2. The fourth-order valence-electron chi connectivity index (χ4n) is 1.30. The number of carbonyl (C=O) groups is 2. The third kappa shape index (κ3) is 4.54. The molecule has 0 amide bonds. The summed E-state index contributed by atoms with van der Waals surface area (Å²) in [7, 11) is 0. The van der Waals surface area contributed by atoms with Crippen molar-refractivity contribution in [3.8, 4) is 0 Å². The quantitative estimate of drug-likeness (QED) is 0.726. The molecule has 2 N–H and O–H groups in total. The van der Waals surface area contributed by atoms with Crippen LogP contribution in [0, 0.1) is 6.92 Å². The SMILES string of the molecule is Cc1cc(N(CCC(=O)O)CCC(=O)O)no1. The summed E-state index contributed by atoms with van der Waals surface area (Å²) in [6.07, 6.45) is -0.156. The lowest BCUT2D eigenvalue weighted by atomic mass is 10.3. The maximum Gasteiger partial charge on any atom is 0.305 e. The van der Waals surface area contributed by atoms with Gasteiger partial charge in [0, 0.05) is 19.2 Å². The second kappa shape index (κ2) is 5.88. The van der Waals surface area contributed by atoms with E-state index in [2.05, 4.69) is 5.16 Å². The molecule has 0 saturated heterocycles. The van der Waals surface area contributed by atoms with Crippen molar-refractivity contribution in [2.75, 3.05) is 18.0 Å². The molecule has 1 aromatic rings. The van der Waals surface area contributed by atoms with E-state index in [0.29, 0.717) is 11.6 Å². The van der Waals surface area contributed by atoms with E-state index in [4.69, 9.17) is 14.7 Å². The van der Waals surface area contributed by atoms with Gasteiger partial charge in [-0.2, -0.15) is 0 Å².